The van der Waals surface area contributed by atoms with Gasteiger partial charge in [-0.25, -0.2) is 0 Å². The molecule has 0 rings (SSSR count). The van der Waals surface area contributed by atoms with Gasteiger partial charge in [-0.15, -0.1) is 6.58 Å². The average Bonchev–Trinajstić information content (AvgIpc) is 2.04. The third kappa shape index (κ3) is 5.20. The fourth-order valence-corrected chi connectivity index (χ4v) is 0.784. The second-order valence-corrected chi connectivity index (χ2v) is 3.35. The molecule has 0 aromatic rings. The van der Waals surface area contributed by atoms with E-state index in [-0.39, 0.29) is 0 Å². The first-order chi connectivity index (χ1) is 5.89. The largest absolute Gasteiger partial charge is 0.386 e. The fraction of sp³-hybridized carbons (Fsp3) is 0.500. The number of hydrogen-bond acceptors (Lipinski definition) is 2. The summed E-state index contributed by atoms with van der Waals surface area (Å²) in [5, 5.41) is 9.51. The molecule has 0 aromatic heterocycles. The molecular weight excluding hydrogens is 166 g/mol. The molecule has 0 aliphatic heterocycles. The van der Waals surface area contributed by atoms with Crippen molar-refractivity contribution >= 4 is 5.91 Å². The van der Waals surface area contributed by atoms with Gasteiger partial charge < -0.3 is 10.8 Å². The summed E-state index contributed by atoms with van der Waals surface area (Å²) < 4.78 is 0. The highest BCUT2D eigenvalue weighted by molar-refractivity contribution is 5.91. The zero-order chi connectivity index (χ0) is 10.5. The van der Waals surface area contributed by atoms with E-state index in [0.29, 0.717) is 18.4 Å². The highest BCUT2D eigenvalue weighted by atomic mass is 16.3. The maximum Gasteiger partial charge on any atom is 0.244 e. The predicted octanol–water partition coefficient (Wildman–Crippen LogP) is 1.14. The zero-order valence-corrected chi connectivity index (χ0v) is 8.21. The molecule has 3 heteroatoms. The normalized spacial score (nSPS) is 16.4. The van der Waals surface area contributed by atoms with E-state index in [2.05, 4.69) is 6.58 Å². The number of amides is 1. The molecule has 0 saturated carbocycles. The third-order valence-electron chi connectivity index (χ3n) is 1.93. The number of carbonyl (C=O) groups excluding carboxylic acids is 1. The van der Waals surface area contributed by atoms with E-state index >= 15 is 0 Å². The minimum atomic E-state index is -0.867. The fourth-order valence-electron chi connectivity index (χ4n) is 0.784. The standard InChI is InChI=1S/C10H17NO2/c1-4-10(3,13)7-5-6-8(2)9(11)12/h4,6,13H,1,5,7H2,2-3H3,(H2,11,12)/b8-6+. The van der Waals surface area contributed by atoms with Crippen LogP contribution in [0.4, 0.5) is 0 Å². The van der Waals surface area contributed by atoms with Gasteiger partial charge in [-0.05, 0) is 26.7 Å². The molecule has 3 nitrogen and oxygen atoms in total. The number of carbonyl (C=O) groups is 1. The minimum Gasteiger partial charge on any atom is -0.386 e. The van der Waals surface area contributed by atoms with E-state index in [1.54, 1.807) is 19.9 Å². The number of nitrogens with two attached hydrogens (primary N) is 1. The monoisotopic (exact) mass is 183 g/mol. The SMILES string of the molecule is C=CC(C)(O)CC/C=C(\C)C(N)=O. The summed E-state index contributed by atoms with van der Waals surface area (Å²) in [6, 6.07) is 0. The Labute approximate surface area is 78.9 Å². The molecular formula is C10H17NO2. The van der Waals surface area contributed by atoms with E-state index in [4.69, 9.17) is 5.73 Å². The number of aliphatic hydroxyl groups is 1. The topological polar surface area (TPSA) is 63.3 Å². The molecule has 0 heterocycles. The van der Waals surface area contributed by atoms with E-state index in [1.165, 1.54) is 6.08 Å². The van der Waals surface area contributed by atoms with Crippen molar-refractivity contribution < 1.29 is 9.90 Å². The van der Waals surface area contributed by atoms with Crippen molar-refractivity contribution in [2.75, 3.05) is 0 Å². The Hall–Kier alpha value is -1.09. The maximum absolute atomic E-state index is 10.6. The molecule has 0 fully saturated rings. The number of hydrogen-bond donors (Lipinski definition) is 2. The minimum absolute atomic E-state index is 0.418. The molecule has 0 aromatic carbocycles. The Kier molecular flexibility index (Phi) is 4.42. The summed E-state index contributed by atoms with van der Waals surface area (Å²) >= 11 is 0. The molecule has 0 saturated heterocycles. The van der Waals surface area contributed by atoms with Crippen LogP contribution in [0.2, 0.25) is 0 Å². The van der Waals surface area contributed by atoms with E-state index in [1.807, 2.05) is 0 Å². The predicted molar refractivity (Wildman–Crippen MR) is 53.0 cm³/mol. The van der Waals surface area contributed by atoms with Crippen LogP contribution in [0.3, 0.4) is 0 Å². The van der Waals surface area contributed by atoms with Gasteiger partial charge in [0.2, 0.25) is 5.91 Å². The van der Waals surface area contributed by atoms with Gasteiger partial charge in [-0.3, -0.25) is 4.79 Å². The molecule has 1 amide bonds. The van der Waals surface area contributed by atoms with Crippen molar-refractivity contribution in [3.05, 3.63) is 24.3 Å². The van der Waals surface area contributed by atoms with Crippen LogP contribution in [0, 0.1) is 0 Å². The Morgan fingerprint density at radius 2 is 2.23 bits per heavy atom. The first-order valence-corrected chi connectivity index (χ1v) is 4.21. The zero-order valence-electron chi connectivity index (χ0n) is 8.21. The number of primary amides is 1. The summed E-state index contributed by atoms with van der Waals surface area (Å²) in [5.41, 5.74) is 4.69. The molecule has 0 aliphatic carbocycles. The molecule has 74 valence electrons. The lowest BCUT2D eigenvalue weighted by Crippen LogP contribution is -2.19. The molecule has 3 N–H and O–H groups in total. The number of rotatable bonds is 5. The van der Waals surface area contributed by atoms with Crippen LogP contribution in [0.25, 0.3) is 0 Å². The van der Waals surface area contributed by atoms with Crippen LogP contribution in [-0.2, 0) is 4.79 Å². The quantitative estimate of drug-likeness (QED) is 0.496. The van der Waals surface area contributed by atoms with Crippen LogP contribution in [-0.4, -0.2) is 16.6 Å². The Bertz CT molecular complexity index is 229. The molecule has 0 radical (unpaired) electrons. The van der Waals surface area contributed by atoms with Gasteiger partial charge in [-0.2, -0.15) is 0 Å². The summed E-state index contributed by atoms with van der Waals surface area (Å²) in [4.78, 5) is 10.6. The van der Waals surface area contributed by atoms with Crippen LogP contribution < -0.4 is 5.73 Å². The van der Waals surface area contributed by atoms with Crippen molar-refractivity contribution in [1.29, 1.82) is 0 Å². The van der Waals surface area contributed by atoms with Crippen molar-refractivity contribution in [3.63, 3.8) is 0 Å². The van der Waals surface area contributed by atoms with Crippen LogP contribution >= 0.6 is 0 Å². The molecule has 13 heavy (non-hydrogen) atoms. The molecule has 1 unspecified atom stereocenters. The highest BCUT2D eigenvalue weighted by Gasteiger charge is 2.13. The van der Waals surface area contributed by atoms with E-state index in [9.17, 15) is 9.90 Å². The lowest BCUT2D eigenvalue weighted by atomic mass is 10.00. The lowest BCUT2D eigenvalue weighted by Gasteiger charge is -2.16. The maximum atomic E-state index is 10.6. The van der Waals surface area contributed by atoms with Crippen molar-refractivity contribution in [1.82, 2.24) is 0 Å². The average molecular weight is 183 g/mol. The summed E-state index contributed by atoms with van der Waals surface area (Å²) in [6.45, 7) is 6.83. The second kappa shape index (κ2) is 4.82. The van der Waals surface area contributed by atoms with Crippen LogP contribution in [0.15, 0.2) is 24.3 Å². The first kappa shape index (κ1) is 11.9. The Balaban J connectivity index is 3.99. The van der Waals surface area contributed by atoms with E-state index < -0.39 is 11.5 Å². The Morgan fingerprint density at radius 1 is 1.69 bits per heavy atom. The number of allylic oxidation sites excluding steroid dienone is 1. The molecule has 1 atom stereocenters. The van der Waals surface area contributed by atoms with Crippen LogP contribution in [0.1, 0.15) is 26.7 Å². The first-order valence-electron chi connectivity index (χ1n) is 4.21. The Morgan fingerprint density at radius 3 is 2.62 bits per heavy atom. The molecule has 0 aliphatic rings. The van der Waals surface area contributed by atoms with Gasteiger partial charge in [0, 0.05) is 5.57 Å². The van der Waals surface area contributed by atoms with Crippen LogP contribution in [0.5, 0.6) is 0 Å². The van der Waals surface area contributed by atoms with Crippen molar-refractivity contribution in [2.45, 2.75) is 32.3 Å². The third-order valence-corrected chi connectivity index (χ3v) is 1.93. The lowest BCUT2D eigenvalue weighted by molar-refractivity contribution is -0.114. The van der Waals surface area contributed by atoms with Crippen molar-refractivity contribution in [2.24, 2.45) is 5.73 Å². The van der Waals surface area contributed by atoms with Gasteiger partial charge in [0.25, 0.3) is 0 Å². The second-order valence-electron chi connectivity index (χ2n) is 3.35. The summed E-state index contributed by atoms with van der Waals surface area (Å²) in [6.07, 6.45) is 4.37. The van der Waals surface area contributed by atoms with Gasteiger partial charge >= 0.3 is 0 Å². The van der Waals surface area contributed by atoms with Gasteiger partial charge in [-0.1, -0.05) is 12.2 Å². The van der Waals surface area contributed by atoms with Gasteiger partial charge in [0.15, 0.2) is 0 Å². The van der Waals surface area contributed by atoms with E-state index in [0.717, 1.165) is 0 Å². The highest BCUT2D eigenvalue weighted by Crippen LogP contribution is 2.13. The van der Waals surface area contributed by atoms with Gasteiger partial charge in [0.05, 0.1) is 5.60 Å². The summed E-state index contributed by atoms with van der Waals surface area (Å²) in [7, 11) is 0. The smallest absolute Gasteiger partial charge is 0.244 e. The molecule has 0 spiro atoms. The summed E-state index contributed by atoms with van der Waals surface area (Å²) in [5.74, 6) is -0.418. The molecule has 0 bridgehead atoms. The van der Waals surface area contributed by atoms with Crippen molar-refractivity contribution in [3.8, 4) is 0 Å². The van der Waals surface area contributed by atoms with Gasteiger partial charge in [0.1, 0.15) is 0 Å².